The first kappa shape index (κ1) is 11.5. The molecular formula is C13H12N4O2. The van der Waals surface area contributed by atoms with Gasteiger partial charge in [-0.15, -0.1) is 0 Å². The van der Waals surface area contributed by atoms with Crippen LogP contribution in [0.1, 0.15) is 17.4 Å². The molecule has 0 spiro atoms. The molecule has 0 saturated carbocycles. The molecule has 0 aliphatic heterocycles. The Kier molecular flexibility index (Phi) is 2.75. The Hall–Kier alpha value is -2.63. The van der Waals surface area contributed by atoms with E-state index in [9.17, 15) is 4.79 Å². The summed E-state index contributed by atoms with van der Waals surface area (Å²) in [5.41, 5.74) is 3.04. The number of imidazole rings is 1. The number of hydrogen-bond donors (Lipinski definition) is 1. The van der Waals surface area contributed by atoms with Crippen LogP contribution in [0.4, 0.5) is 0 Å². The number of nitrogens with zero attached hydrogens (tertiary/aromatic N) is 3. The van der Waals surface area contributed by atoms with E-state index >= 15 is 0 Å². The lowest BCUT2D eigenvalue weighted by Gasteiger charge is -2.01. The van der Waals surface area contributed by atoms with E-state index in [2.05, 4.69) is 15.2 Å². The molecule has 3 aromatic heterocycles. The highest BCUT2D eigenvalue weighted by molar-refractivity contribution is 5.95. The molecule has 0 radical (unpaired) electrons. The van der Waals surface area contributed by atoms with Crippen molar-refractivity contribution in [2.75, 3.05) is 6.61 Å². The second-order valence-corrected chi connectivity index (χ2v) is 4.01. The van der Waals surface area contributed by atoms with Crippen molar-refractivity contribution in [3.05, 3.63) is 42.7 Å². The fourth-order valence-corrected chi connectivity index (χ4v) is 1.94. The molecule has 6 heteroatoms. The van der Waals surface area contributed by atoms with Crippen molar-refractivity contribution in [2.45, 2.75) is 6.92 Å². The van der Waals surface area contributed by atoms with Crippen LogP contribution in [-0.2, 0) is 4.74 Å². The summed E-state index contributed by atoms with van der Waals surface area (Å²) >= 11 is 0. The standard InChI is InChI=1S/C13H12N4O2/c1-2-19-13(18)12-11-4-3-9(7-17(11)8-14-12)10-5-15-16-6-10/h3-8H,2H2,1H3,(H,15,16). The maximum atomic E-state index is 11.7. The highest BCUT2D eigenvalue weighted by atomic mass is 16.5. The quantitative estimate of drug-likeness (QED) is 0.726. The number of aromatic nitrogens is 4. The number of aromatic amines is 1. The van der Waals surface area contributed by atoms with E-state index in [1.807, 2.05) is 24.5 Å². The van der Waals surface area contributed by atoms with Gasteiger partial charge in [-0.3, -0.25) is 5.10 Å². The molecule has 0 fully saturated rings. The molecule has 0 saturated heterocycles. The molecule has 0 aliphatic carbocycles. The lowest BCUT2D eigenvalue weighted by atomic mass is 10.1. The SMILES string of the molecule is CCOC(=O)c1ncn2cc(-c3cn[nH]c3)ccc12. The van der Waals surface area contributed by atoms with Gasteiger partial charge in [-0.25, -0.2) is 9.78 Å². The Morgan fingerprint density at radius 2 is 2.32 bits per heavy atom. The van der Waals surface area contributed by atoms with Gasteiger partial charge in [0.15, 0.2) is 5.69 Å². The number of hydrogen-bond acceptors (Lipinski definition) is 4. The van der Waals surface area contributed by atoms with Gasteiger partial charge in [-0.05, 0) is 13.0 Å². The highest BCUT2D eigenvalue weighted by Crippen LogP contribution is 2.20. The summed E-state index contributed by atoms with van der Waals surface area (Å²) in [6, 6.07) is 3.77. The van der Waals surface area contributed by atoms with Crippen LogP contribution < -0.4 is 0 Å². The molecule has 1 N–H and O–H groups in total. The topological polar surface area (TPSA) is 72.3 Å². The minimum Gasteiger partial charge on any atom is -0.461 e. The first-order valence-electron chi connectivity index (χ1n) is 5.92. The van der Waals surface area contributed by atoms with Crippen LogP contribution in [0.15, 0.2) is 37.1 Å². The maximum absolute atomic E-state index is 11.7. The molecule has 0 bridgehead atoms. The van der Waals surface area contributed by atoms with Crippen molar-refractivity contribution in [3.8, 4) is 11.1 Å². The number of pyridine rings is 1. The van der Waals surface area contributed by atoms with E-state index in [1.54, 1.807) is 23.8 Å². The second kappa shape index (κ2) is 4.56. The van der Waals surface area contributed by atoms with Gasteiger partial charge in [0.2, 0.25) is 0 Å². The van der Waals surface area contributed by atoms with E-state index in [1.165, 1.54) is 0 Å². The van der Waals surface area contributed by atoms with Crippen LogP contribution in [0.2, 0.25) is 0 Å². The molecule has 96 valence electrons. The van der Waals surface area contributed by atoms with Gasteiger partial charge in [0.1, 0.15) is 6.33 Å². The van der Waals surface area contributed by atoms with Gasteiger partial charge < -0.3 is 9.14 Å². The second-order valence-electron chi connectivity index (χ2n) is 4.01. The Bertz CT molecular complexity index is 715. The Morgan fingerprint density at radius 1 is 1.42 bits per heavy atom. The predicted octanol–water partition coefficient (Wildman–Crippen LogP) is 1.90. The molecule has 0 amide bonds. The van der Waals surface area contributed by atoms with Crippen LogP contribution in [0.5, 0.6) is 0 Å². The van der Waals surface area contributed by atoms with Crippen molar-refractivity contribution in [1.82, 2.24) is 19.6 Å². The molecule has 3 rings (SSSR count). The Morgan fingerprint density at radius 3 is 3.05 bits per heavy atom. The number of fused-ring (bicyclic) bond motifs is 1. The van der Waals surface area contributed by atoms with E-state index in [4.69, 9.17) is 4.74 Å². The molecular weight excluding hydrogens is 244 g/mol. The van der Waals surface area contributed by atoms with Gasteiger partial charge >= 0.3 is 5.97 Å². The maximum Gasteiger partial charge on any atom is 0.359 e. The van der Waals surface area contributed by atoms with E-state index in [-0.39, 0.29) is 0 Å². The minimum atomic E-state index is -0.402. The zero-order valence-corrected chi connectivity index (χ0v) is 10.3. The average molecular weight is 256 g/mol. The smallest absolute Gasteiger partial charge is 0.359 e. The monoisotopic (exact) mass is 256 g/mol. The predicted molar refractivity (Wildman–Crippen MR) is 68.7 cm³/mol. The van der Waals surface area contributed by atoms with Gasteiger partial charge in [0, 0.05) is 23.5 Å². The first-order chi connectivity index (χ1) is 9.29. The Labute approximate surface area is 109 Å². The molecule has 0 unspecified atom stereocenters. The fraction of sp³-hybridized carbons (Fsp3) is 0.154. The number of H-pyrrole nitrogens is 1. The summed E-state index contributed by atoms with van der Waals surface area (Å²) in [5.74, 6) is -0.402. The van der Waals surface area contributed by atoms with E-state index < -0.39 is 5.97 Å². The fourth-order valence-electron chi connectivity index (χ4n) is 1.94. The summed E-state index contributed by atoms with van der Waals surface area (Å²) in [4.78, 5) is 15.8. The zero-order chi connectivity index (χ0) is 13.2. The number of nitrogens with one attached hydrogen (secondary N) is 1. The summed E-state index contributed by atoms with van der Waals surface area (Å²) in [6.45, 7) is 2.11. The van der Waals surface area contributed by atoms with Crippen LogP contribution in [0.25, 0.3) is 16.6 Å². The summed E-state index contributed by atoms with van der Waals surface area (Å²) in [6.07, 6.45) is 7.05. The van der Waals surface area contributed by atoms with Crippen LogP contribution in [-0.4, -0.2) is 32.2 Å². The molecule has 0 atom stereocenters. The third-order valence-corrected chi connectivity index (χ3v) is 2.83. The minimum absolute atomic E-state index is 0.334. The molecule has 19 heavy (non-hydrogen) atoms. The van der Waals surface area contributed by atoms with Gasteiger partial charge in [-0.2, -0.15) is 5.10 Å². The molecule has 3 aromatic rings. The number of carbonyl (C=O) groups is 1. The summed E-state index contributed by atoms with van der Waals surface area (Å²) < 4.78 is 6.77. The highest BCUT2D eigenvalue weighted by Gasteiger charge is 2.14. The van der Waals surface area contributed by atoms with Crippen LogP contribution in [0, 0.1) is 0 Å². The zero-order valence-electron chi connectivity index (χ0n) is 10.3. The van der Waals surface area contributed by atoms with Crippen LogP contribution in [0.3, 0.4) is 0 Å². The molecule has 0 aromatic carbocycles. The molecule has 3 heterocycles. The lowest BCUT2D eigenvalue weighted by Crippen LogP contribution is -2.05. The first-order valence-corrected chi connectivity index (χ1v) is 5.92. The average Bonchev–Trinajstić information content (AvgIpc) is 3.07. The van der Waals surface area contributed by atoms with Gasteiger partial charge in [-0.1, -0.05) is 6.07 Å². The van der Waals surface area contributed by atoms with Crippen molar-refractivity contribution in [3.63, 3.8) is 0 Å². The van der Waals surface area contributed by atoms with Crippen molar-refractivity contribution >= 4 is 11.5 Å². The van der Waals surface area contributed by atoms with Gasteiger partial charge in [0.25, 0.3) is 0 Å². The molecule has 0 aliphatic rings. The Balaban J connectivity index is 2.05. The van der Waals surface area contributed by atoms with Crippen molar-refractivity contribution in [2.24, 2.45) is 0 Å². The summed E-state index contributed by atoms with van der Waals surface area (Å²) in [5, 5.41) is 6.68. The number of ether oxygens (including phenoxy) is 1. The number of esters is 1. The van der Waals surface area contributed by atoms with E-state index in [0.29, 0.717) is 12.3 Å². The van der Waals surface area contributed by atoms with E-state index in [0.717, 1.165) is 16.6 Å². The normalized spacial score (nSPS) is 10.8. The van der Waals surface area contributed by atoms with Gasteiger partial charge in [0.05, 0.1) is 18.3 Å². The summed E-state index contributed by atoms with van der Waals surface area (Å²) in [7, 11) is 0. The van der Waals surface area contributed by atoms with Crippen LogP contribution >= 0.6 is 0 Å². The third-order valence-electron chi connectivity index (χ3n) is 2.83. The molecule has 6 nitrogen and oxygen atoms in total. The number of rotatable bonds is 3. The largest absolute Gasteiger partial charge is 0.461 e. The van der Waals surface area contributed by atoms with Crippen molar-refractivity contribution in [1.29, 1.82) is 0 Å². The van der Waals surface area contributed by atoms with Crippen molar-refractivity contribution < 1.29 is 9.53 Å². The lowest BCUT2D eigenvalue weighted by molar-refractivity contribution is 0.0522. The number of carbonyl (C=O) groups excluding carboxylic acids is 1. The third kappa shape index (κ3) is 1.97.